The molecule has 0 heterocycles. The summed E-state index contributed by atoms with van der Waals surface area (Å²) in [4.78, 5) is 10.9. The van der Waals surface area contributed by atoms with E-state index in [9.17, 15) is 4.79 Å². The van der Waals surface area contributed by atoms with Crippen LogP contribution in [0.3, 0.4) is 0 Å². The van der Waals surface area contributed by atoms with Gasteiger partial charge in [-0.15, -0.1) is 11.6 Å². The number of halogens is 1. The number of carbonyl (C=O) groups is 1. The first-order valence-corrected chi connectivity index (χ1v) is 3.72. The summed E-state index contributed by atoms with van der Waals surface area (Å²) in [5, 5.41) is 2.43. The number of carbonyl (C=O) groups excluding carboxylic acids is 1. The van der Waals surface area contributed by atoms with E-state index in [1.54, 1.807) is 0 Å². The second kappa shape index (κ2) is 4.52. The summed E-state index contributed by atoms with van der Waals surface area (Å²) in [6.45, 7) is 3.77. The van der Waals surface area contributed by atoms with E-state index < -0.39 is 6.04 Å². The van der Waals surface area contributed by atoms with Gasteiger partial charge >= 0.3 is 0 Å². The molecule has 60 valence electrons. The average molecular weight is 165 g/mol. The van der Waals surface area contributed by atoms with Crippen molar-refractivity contribution in [3.8, 4) is 0 Å². The van der Waals surface area contributed by atoms with Gasteiger partial charge in [-0.2, -0.15) is 0 Å². The fourth-order valence-electron chi connectivity index (χ4n) is 0.486. The van der Waals surface area contributed by atoms with Crippen molar-refractivity contribution in [2.75, 3.05) is 6.00 Å². The molecule has 1 amide bonds. The molecule has 0 aliphatic heterocycles. The number of hydrogen-bond donors (Lipinski definition) is 2. The van der Waals surface area contributed by atoms with Crippen molar-refractivity contribution < 1.29 is 4.79 Å². The third-order valence-corrected chi connectivity index (χ3v) is 1.40. The first-order chi connectivity index (χ1) is 4.59. The molecule has 3 N–H and O–H groups in total. The third kappa shape index (κ3) is 3.03. The lowest BCUT2D eigenvalue weighted by molar-refractivity contribution is -0.122. The van der Waals surface area contributed by atoms with Crippen LogP contribution < -0.4 is 11.1 Å². The van der Waals surface area contributed by atoms with Crippen LogP contribution >= 0.6 is 11.6 Å². The van der Waals surface area contributed by atoms with E-state index in [2.05, 4.69) is 5.32 Å². The van der Waals surface area contributed by atoms with Crippen LogP contribution in [0.15, 0.2) is 0 Å². The Kier molecular flexibility index (Phi) is 4.40. The van der Waals surface area contributed by atoms with Crippen molar-refractivity contribution in [1.29, 1.82) is 0 Å². The summed E-state index contributed by atoms with van der Waals surface area (Å²) in [5.74, 6) is -0.0341. The van der Waals surface area contributed by atoms with E-state index >= 15 is 0 Å². The lowest BCUT2D eigenvalue weighted by atomic mass is 10.1. The van der Waals surface area contributed by atoms with Gasteiger partial charge in [-0.3, -0.25) is 4.79 Å². The zero-order valence-corrected chi connectivity index (χ0v) is 6.98. The molecular formula is C6H13ClN2O. The lowest BCUT2D eigenvalue weighted by Gasteiger charge is -2.13. The van der Waals surface area contributed by atoms with Gasteiger partial charge in [-0.1, -0.05) is 13.8 Å². The Labute approximate surface area is 65.9 Å². The Bertz CT molecular complexity index is 116. The molecular weight excluding hydrogens is 152 g/mol. The molecule has 0 unspecified atom stereocenters. The zero-order chi connectivity index (χ0) is 8.15. The minimum Gasteiger partial charge on any atom is -0.341 e. The molecule has 0 saturated carbocycles. The Balaban J connectivity index is 3.71. The second-order valence-electron chi connectivity index (χ2n) is 2.44. The van der Waals surface area contributed by atoms with Crippen LogP contribution in [0, 0.1) is 5.92 Å². The molecule has 0 aliphatic rings. The van der Waals surface area contributed by atoms with Gasteiger partial charge in [0.15, 0.2) is 0 Å². The van der Waals surface area contributed by atoms with Crippen LogP contribution in [0.5, 0.6) is 0 Å². The molecule has 4 heteroatoms. The maximum atomic E-state index is 10.9. The number of rotatable bonds is 3. The second-order valence-corrected chi connectivity index (χ2v) is 2.71. The van der Waals surface area contributed by atoms with Crippen molar-refractivity contribution in [2.45, 2.75) is 19.9 Å². The summed E-state index contributed by atoms with van der Waals surface area (Å²) < 4.78 is 0. The predicted molar refractivity (Wildman–Crippen MR) is 41.7 cm³/mol. The third-order valence-electron chi connectivity index (χ3n) is 1.26. The highest BCUT2D eigenvalue weighted by Gasteiger charge is 2.15. The van der Waals surface area contributed by atoms with Crippen LogP contribution in [-0.4, -0.2) is 18.0 Å². The molecule has 10 heavy (non-hydrogen) atoms. The van der Waals surface area contributed by atoms with E-state index in [4.69, 9.17) is 17.3 Å². The lowest BCUT2D eigenvalue weighted by Crippen LogP contribution is -2.43. The average Bonchev–Trinajstić information content (AvgIpc) is 1.87. The quantitative estimate of drug-likeness (QED) is 0.465. The van der Waals surface area contributed by atoms with Crippen LogP contribution in [0.4, 0.5) is 0 Å². The molecule has 0 saturated heterocycles. The van der Waals surface area contributed by atoms with Crippen molar-refractivity contribution in [2.24, 2.45) is 11.7 Å². The Hall–Kier alpha value is -0.280. The van der Waals surface area contributed by atoms with Crippen LogP contribution in [0.2, 0.25) is 0 Å². The predicted octanol–water partition coefficient (Wildman–Crippen LogP) is 0.282. The van der Waals surface area contributed by atoms with Gasteiger partial charge in [-0.25, -0.2) is 0 Å². The van der Waals surface area contributed by atoms with Gasteiger partial charge in [0.2, 0.25) is 5.91 Å². The molecule has 0 bridgehead atoms. The maximum absolute atomic E-state index is 10.9. The normalized spacial score (nSPS) is 13.3. The fourth-order valence-corrected chi connectivity index (χ4v) is 0.618. The number of alkyl halides is 1. The highest BCUT2D eigenvalue weighted by atomic mass is 35.5. The van der Waals surface area contributed by atoms with E-state index in [0.717, 1.165) is 0 Å². The standard InChI is InChI=1S/C6H13ClN2O/c1-4(2)5(8)6(10)9-3-7/h4-5H,3,8H2,1-2H3,(H,9,10)/t5-/m0/s1. The van der Waals surface area contributed by atoms with Gasteiger partial charge in [0, 0.05) is 0 Å². The first kappa shape index (κ1) is 9.72. The molecule has 0 fully saturated rings. The minimum atomic E-state index is -0.446. The largest absolute Gasteiger partial charge is 0.341 e. The van der Waals surface area contributed by atoms with Gasteiger partial charge in [-0.05, 0) is 5.92 Å². The van der Waals surface area contributed by atoms with Crippen LogP contribution in [-0.2, 0) is 4.79 Å². The summed E-state index contributed by atoms with van der Waals surface area (Å²) in [6.07, 6.45) is 0. The van der Waals surface area contributed by atoms with Gasteiger partial charge < -0.3 is 11.1 Å². The first-order valence-electron chi connectivity index (χ1n) is 3.18. The molecule has 0 spiro atoms. The molecule has 0 aromatic carbocycles. The zero-order valence-electron chi connectivity index (χ0n) is 6.23. The van der Waals surface area contributed by atoms with Crippen LogP contribution in [0.1, 0.15) is 13.8 Å². The maximum Gasteiger partial charge on any atom is 0.238 e. The number of amides is 1. The summed E-state index contributed by atoms with van der Waals surface area (Å²) in [5.41, 5.74) is 5.48. The van der Waals surface area contributed by atoms with Crippen LogP contribution in [0.25, 0.3) is 0 Å². The van der Waals surface area contributed by atoms with E-state index in [-0.39, 0.29) is 17.8 Å². The molecule has 0 aromatic rings. The highest BCUT2D eigenvalue weighted by Crippen LogP contribution is 1.97. The number of hydrogen-bond acceptors (Lipinski definition) is 2. The topological polar surface area (TPSA) is 55.1 Å². The molecule has 3 nitrogen and oxygen atoms in total. The Morgan fingerprint density at radius 3 is 2.50 bits per heavy atom. The number of nitrogens with one attached hydrogen (secondary N) is 1. The summed E-state index contributed by atoms with van der Waals surface area (Å²) in [7, 11) is 0. The monoisotopic (exact) mass is 164 g/mol. The van der Waals surface area contributed by atoms with Gasteiger partial charge in [0.25, 0.3) is 0 Å². The smallest absolute Gasteiger partial charge is 0.238 e. The van der Waals surface area contributed by atoms with E-state index in [1.165, 1.54) is 0 Å². The van der Waals surface area contributed by atoms with Crippen molar-refractivity contribution in [1.82, 2.24) is 5.32 Å². The summed E-state index contributed by atoms with van der Waals surface area (Å²) >= 11 is 5.26. The summed E-state index contributed by atoms with van der Waals surface area (Å²) in [6, 6.07) is -0.321. The Morgan fingerprint density at radius 1 is 1.70 bits per heavy atom. The van der Waals surface area contributed by atoms with Crippen molar-refractivity contribution >= 4 is 17.5 Å². The van der Waals surface area contributed by atoms with E-state index in [1.807, 2.05) is 13.8 Å². The highest BCUT2D eigenvalue weighted by molar-refractivity contribution is 6.18. The molecule has 0 rings (SSSR count). The molecule has 0 aromatic heterocycles. The van der Waals surface area contributed by atoms with E-state index in [0.29, 0.717) is 0 Å². The number of nitrogens with two attached hydrogens (primary N) is 1. The van der Waals surface area contributed by atoms with Crippen molar-refractivity contribution in [3.63, 3.8) is 0 Å². The van der Waals surface area contributed by atoms with Gasteiger partial charge in [0.05, 0.1) is 12.0 Å². The molecule has 0 aliphatic carbocycles. The van der Waals surface area contributed by atoms with Gasteiger partial charge in [0.1, 0.15) is 0 Å². The minimum absolute atomic E-state index is 0.124. The Morgan fingerprint density at radius 2 is 2.20 bits per heavy atom. The SMILES string of the molecule is CC(C)[C@H](N)C(=O)NCCl. The molecule has 1 atom stereocenters. The molecule has 0 radical (unpaired) electrons. The van der Waals surface area contributed by atoms with Crippen molar-refractivity contribution in [3.05, 3.63) is 0 Å². The fraction of sp³-hybridized carbons (Fsp3) is 0.833.